The first-order valence-corrected chi connectivity index (χ1v) is 7.27. The van der Waals surface area contributed by atoms with Gasteiger partial charge in [-0.1, -0.05) is 11.3 Å². The summed E-state index contributed by atoms with van der Waals surface area (Å²) in [7, 11) is 7.17. The number of nitrogens with one attached hydrogen (secondary N) is 2. The molecule has 0 saturated heterocycles. The average Bonchev–Trinajstić information content (AvgIpc) is 2.81. The smallest absolute Gasteiger partial charge is 0.230 e. The number of carbonyl (C=O) groups is 1. The molecule has 0 fully saturated rings. The zero-order valence-corrected chi connectivity index (χ0v) is 13.8. The summed E-state index contributed by atoms with van der Waals surface area (Å²) in [5.41, 5.74) is -0.447. The van der Waals surface area contributed by atoms with Crippen molar-refractivity contribution in [1.29, 1.82) is 0 Å². The SMILES string of the molecule is CNC(=O)C(C)(C)CNCc1sc(N(C)C)nc1OC. The number of thiazole rings is 1. The molecule has 0 aromatic carbocycles. The first kappa shape index (κ1) is 16.7. The maximum atomic E-state index is 11.7. The van der Waals surface area contributed by atoms with Crippen LogP contribution in [0.2, 0.25) is 0 Å². The molecule has 0 aliphatic rings. The molecule has 114 valence electrons. The van der Waals surface area contributed by atoms with E-state index in [9.17, 15) is 4.79 Å². The summed E-state index contributed by atoms with van der Waals surface area (Å²) in [5, 5.41) is 6.88. The molecule has 1 amide bonds. The van der Waals surface area contributed by atoms with E-state index in [1.807, 2.05) is 32.8 Å². The zero-order chi connectivity index (χ0) is 15.3. The Hall–Kier alpha value is -1.34. The van der Waals surface area contributed by atoms with E-state index in [1.54, 1.807) is 25.5 Å². The Morgan fingerprint density at radius 3 is 2.60 bits per heavy atom. The van der Waals surface area contributed by atoms with Crippen molar-refractivity contribution in [3.8, 4) is 5.88 Å². The van der Waals surface area contributed by atoms with E-state index in [0.717, 1.165) is 10.0 Å². The van der Waals surface area contributed by atoms with Gasteiger partial charge in [0.1, 0.15) is 0 Å². The molecule has 1 rings (SSSR count). The van der Waals surface area contributed by atoms with E-state index in [0.29, 0.717) is 19.0 Å². The van der Waals surface area contributed by atoms with Crippen LogP contribution in [-0.2, 0) is 11.3 Å². The van der Waals surface area contributed by atoms with Gasteiger partial charge < -0.3 is 20.3 Å². The van der Waals surface area contributed by atoms with Gasteiger partial charge in [0.05, 0.1) is 17.4 Å². The topological polar surface area (TPSA) is 66.5 Å². The van der Waals surface area contributed by atoms with Crippen molar-refractivity contribution in [3.05, 3.63) is 4.88 Å². The maximum Gasteiger partial charge on any atom is 0.230 e. The van der Waals surface area contributed by atoms with Crippen molar-refractivity contribution < 1.29 is 9.53 Å². The van der Waals surface area contributed by atoms with E-state index in [4.69, 9.17) is 4.74 Å². The predicted octanol–water partition coefficient (Wildman–Crippen LogP) is 1.08. The van der Waals surface area contributed by atoms with Gasteiger partial charge in [0.25, 0.3) is 0 Å². The molecule has 1 aromatic rings. The van der Waals surface area contributed by atoms with Crippen LogP contribution in [0.25, 0.3) is 0 Å². The first-order chi connectivity index (χ1) is 9.31. The normalized spacial score (nSPS) is 11.3. The van der Waals surface area contributed by atoms with E-state index in [2.05, 4.69) is 15.6 Å². The van der Waals surface area contributed by atoms with E-state index in [1.165, 1.54) is 0 Å². The Morgan fingerprint density at radius 2 is 2.10 bits per heavy atom. The molecule has 20 heavy (non-hydrogen) atoms. The van der Waals surface area contributed by atoms with Crippen LogP contribution in [0.5, 0.6) is 5.88 Å². The van der Waals surface area contributed by atoms with Gasteiger partial charge in [-0.25, -0.2) is 0 Å². The largest absolute Gasteiger partial charge is 0.480 e. The number of hydrogen-bond acceptors (Lipinski definition) is 6. The van der Waals surface area contributed by atoms with Gasteiger partial charge in [-0.05, 0) is 13.8 Å². The number of nitrogens with zero attached hydrogens (tertiary/aromatic N) is 2. The van der Waals surface area contributed by atoms with E-state index >= 15 is 0 Å². The lowest BCUT2D eigenvalue weighted by atomic mass is 9.92. The zero-order valence-electron chi connectivity index (χ0n) is 13.0. The number of rotatable bonds is 7. The van der Waals surface area contributed by atoms with Crippen molar-refractivity contribution in [2.45, 2.75) is 20.4 Å². The Morgan fingerprint density at radius 1 is 1.45 bits per heavy atom. The monoisotopic (exact) mass is 300 g/mol. The van der Waals surface area contributed by atoms with Crippen LogP contribution in [0.3, 0.4) is 0 Å². The molecule has 0 bridgehead atoms. The molecule has 0 radical (unpaired) electrons. The predicted molar refractivity (Wildman–Crippen MR) is 82.5 cm³/mol. The highest BCUT2D eigenvalue weighted by Crippen LogP contribution is 2.30. The lowest BCUT2D eigenvalue weighted by molar-refractivity contribution is -0.128. The molecule has 7 heteroatoms. The third-order valence-electron chi connectivity index (χ3n) is 2.92. The summed E-state index contributed by atoms with van der Waals surface area (Å²) in [5.74, 6) is 0.666. The number of hydrogen-bond donors (Lipinski definition) is 2. The first-order valence-electron chi connectivity index (χ1n) is 6.45. The third-order valence-corrected chi connectivity index (χ3v) is 4.12. The number of anilines is 1. The second kappa shape index (κ2) is 6.90. The standard InChI is InChI=1S/C13H24N4O2S/c1-13(2,11(18)14-3)8-15-7-9-10(19-6)16-12(20-9)17(4)5/h15H,7-8H2,1-6H3,(H,14,18). The lowest BCUT2D eigenvalue weighted by Crippen LogP contribution is -2.41. The molecule has 2 N–H and O–H groups in total. The van der Waals surface area contributed by atoms with Gasteiger partial charge in [-0.15, -0.1) is 0 Å². The minimum atomic E-state index is -0.447. The fraction of sp³-hybridized carbons (Fsp3) is 0.692. The Kier molecular flexibility index (Phi) is 5.76. The van der Waals surface area contributed by atoms with Gasteiger partial charge in [0, 0.05) is 34.2 Å². The summed E-state index contributed by atoms with van der Waals surface area (Å²) < 4.78 is 5.28. The van der Waals surface area contributed by atoms with Crippen molar-refractivity contribution in [2.75, 3.05) is 39.7 Å². The second-order valence-corrected chi connectivity index (χ2v) is 6.45. The molecule has 0 unspecified atom stereocenters. The molecule has 1 aromatic heterocycles. The van der Waals surface area contributed by atoms with Crippen molar-refractivity contribution >= 4 is 22.4 Å². The van der Waals surface area contributed by atoms with Crippen LogP contribution >= 0.6 is 11.3 Å². The Labute approximate surface area is 124 Å². The minimum Gasteiger partial charge on any atom is -0.480 e. The molecule has 6 nitrogen and oxygen atoms in total. The molecular weight excluding hydrogens is 276 g/mol. The Bertz CT molecular complexity index is 457. The highest BCUT2D eigenvalue weighted by Gasteiger charge is 2.26. The van der Waals surface area contributed by atoms with Gasteiger partial charge in [0.2, 0.25) is 11.8 Å². The molecule has 0 atom stereocenters. The summed E-state index contributed by atoms with van der Waals surface area (Å²) in [6.07, 6.45) is 0. The molecule has 0 spiro atoms. The third kappa shape index (κ3) is 4.08. The van der Waals surface area contributed by atoms with Crippen molar-refractivity contribution in [2.24, 2.45) is 5.41 Å². The van der Waals surface area contributed by atoms with E-state index in [-0.39, 0.29) is 5.91 Å². The van der Waals surface area contributed by atoms with Gasteiger partial charge in [-0.3, -0.25) is 4.79 Å². The van der Waals surface area contributed by atoms with E-state index < -0.39 is 5.41 Å². The quantitative estimate of drug-likeness (QED) is 0.789. The van der Waals surface area contributed by atoms with Crippen LogP contribution in [-0.4, -0.2) is 45.7 Å². The molecule has 1 heterocycles. The average molecular weight is 300 g/mol. The van der Waals surface area contributed by atoms with Gasteiger partial charge in [0.15, 0.2) is 5.13 Å². The highest BCUT2D eigenvalue weighted by molar-refractivity contribution is 7.15. The van der Waals surface area contributed by atoms with Crippen molar-refractivity contribution in [3.63, 3.8) is 0 Å². The molecule has 0 aliphatic heterocycles. The second-order valence-electron chi connectivity index (χ2n) is 5.39. The van der Waals surface area contributed by atoms with Crippen LogP contribution in [0.15, 0.2) is 0 Å². The van der Waals surface area contributed by atoms with Crippen molar-refractivity contribution in [1.82, 2.24) is 15.6 Å². The highest BCUT2D eigenvalue weighted by atomic mass is 32.1. The Balaban J connectivity index is 2.64. The molecule has 0 aliphatic carbocycles. The summed E-state index contributed by atoms with van der Waals surface area (Å²) in [4.78, 5) is 19.1. The fourth-order valence-corrected chi connectivity index (χ4v) is 2.62. The van der Waals surface area contributed by atoms with Gasteiger partial charge in [-0.2, -0.15) is 4.98 Å². The summed E-state index contributed by atoms with van der Waals surface area (Å²) >= 11 is 1.58. The van der Waals surface area contributed by atoms with Crippen LogP contribution in [0.4, 0.5) is 5.13 Å². The number of aromatic nitrogens is 1. The van der Waals surface area contributed by atoms with Crippen LogP contribution in [0, 0.1) is 5.41 Å². The summed E-state index contributed by atoms with van der Waals surface area (Å²) in [6, 6.07) is 0. The van der Waals surface area contributed by atoms with Crippen LogP contribution < -0.4 is 20.3 Å². The number of amides is 1. The maximum absolute atomic E-state index is 11.7. The lowest BCUT2D eigenvalue weighted by Gasteiger charge is -2.22. The summed E-state index contributed by atoms with van der Waals surface area (Å²) in [6.45, 7) is 5.04. The van der Waals surface area contributed by atoms with Gasteiger partial charge >= 0.3 is 0 Å². The number of methoxy groups -OCH3 is 1. The molecular formula is C13H24N4O2S. The number of ether oxygens (including phenoxy) is 1. The fourth-order valence-electron chi connectivity index (χ4n) is 1.70. The van der Waals surface area contributed by atoms with Crippen LogP contribution in [0.1, 0.15) is 18.7 Å². The molecule has 0 saturated carbocycles. The minimum absolute atomic E-state index is 0.0234. The number of carbonyl (C=O) groups excluding carboxylic acids is 1.